The first-order valence-corrected chi connectivity index (χ1v) is 7.59. The molecule has 0 aliphatic rings. The molecule has 0 saturated carbocycles. The minimum Gasteiger partial charge on any atom is -0.792 e. The van der Waals surface area contributed by atoms with Crippen LogP contribution in [0.3, 0.4) is 0 Å². The second-order valence-electron chi connectivity index (χ2n) is 4.51. The molecule has 11 heteroatoms. The van der Waals surface area contributed by atoms with Crippen molar-refractivity contribution in [1.82, 2.24) is 4.98 Å². The van der Waals surface area contributed by atoms with Gasteiger partial charge in [0.2, 0.25) is 0 Å². The number of nitriles is 1. The second kappa shape index (κ2) is 26.3. The number of pyridine rings is 1. The van der Waals surface area contributed by atoms with E-state index in [-0.39, 0.29) is 39.6 Å². The average molecular weight is 436 g/mol. The number of nitrogens with zero attached hydrogens (tertiary/aromatic N) is 6. The third-order valence-electron chi connectivity index (χ3n) is 2.48. The average Bonchev–Trinajstić information content (AvgIpc) is 2.74. The Kier molecular flexibility index (Phi) is 30.6. The van der Waals surface area contributed by atoms with Crippen LogP contribution in [-0.4, -0.2) is 38.2 Å². The van der Waals surface area contributed by atoms with Crippen molar-refractivity contribution in [3.05, 3.63) is 47.9 Å². The molecule has 28 heavy (non-hydrogen) atoms. The van der Waals surface area contributed by atoms with Gasteiger partial charge in [0.25, 0.3) is 0 Å². The number of hydrogen-bond donors (Lipinski definition) is 2. The topological polar surface area (TPSA) is 173 Å². The van der Waals surface area contributed by atoms with Crippen molar-refractivity contribution in [2.75, 3.05) is 0 Å². The van der Waals surface area contributed by atoms with E-state index in [1.165, 1.54) is 27.7 Å². The van der Waals surface area contributed by atoms with Gasteiger partial charge < -0.3 is 38.1 Å². The van der Waals surface area contributed by atoms with Crippen molar-refractivity contribution < 1.29 is 27.2 Å². The van der Waals surface area contributed by atoms with E-state index < -0.39 is 0 Å². The fraction of sp³-hybridized carbons (Fsp3) is 0.353. The van der Waals surface area contributed by atoms with Crippen LogP contribution in [0, 0.1) is 28.7 Å². The van der Waals surface area contributed by atoms with E-state index in [2.05, 4.69) is 32.5 Å². The quantitative estimate of drug-likeness (QED) is 0.315. The molecule has 1 rings (SSSR count). The molecule has 0 unspecified atom stereocenters. The zero-order chi connectivity index (χ0) is 21.5. The predicted molar refractivity (Wildman–Crippen MR) is 107 cm³/mol. The van der Waals surface area contributed by atoms with E-state index in [0.717, 1.165) is 6.42 Å². The molecule has 0 saturated heterocycles. The Balaban J connectivity index is -0.000000138. The summed E-state index contributed by atoms with van der Waals surface area (Å²) in [6.07, 6.45) is 4.82. The maximum atomic E-state index is 9.63. The van der Waals surface area contributed by atoms with Gasteiger partial charge in [-0.25, -0.2) is 0 Å². The van der Waals surface area contributed by atoms with Crippen LogP contribution in [0.5, 0.6) is 0 Å². The molecule has 0 amide bonds. The Hall–Kier alpha value is -2.97. The summed E-state index contributed by atoms with van der Waals surface area (Å²) in [5, 5.41) is 53.6. The van der Waals surface area contributed by atoms with Gasteiger partial charge in [0.05, 0.1) is 28.9 Å². The summed E-state index contributed by atoms with van der Waals surface area (Å²) in [6.45, 7) is 9.39. The minimum atomic E-state index is 0. The van der Waals surface area contributed by atoms with Crippen molar-refractivity contribution in [2.24, 2.45) is 20.6 Å². The van der Waals surface area contributed by atoms with E-state index in [9.17, 15) is 10.4 Å². The van der Waals surface area contributed by atoms with Crippen molar-refractivity contribution in [3.63, 3.8) is 0 Å². The molecule has 0 aliphatic carbocycles. The summed E-state index contributed by atoms with van der Waals surface area (Å²) in [4.78, 5) is 3.78. The monoisotopic (exact) mass is 436 g/mol. The standard InChI is InChI=1S/C5H5N.2C4H8N2O2.C4H6N.Co/c1-2-4-6-5-3-1;2*1-3(5-7)4(2)6-8;1-2-3-4-5;/h1-5H;2*7-8H,1-2H3;1-3H2;/q;;;-1;+3/p-2/b;2*5-3+,6-4+;;. The van der Waals surface area contributed by atoms with Crippen LogP contribution in [0.4, 0.5) is 0 Å². The van der Waals surface area contributed by atoms with E-state index in [4.69, 9.17) is 15.7 Å². The molecule has 0 atom stereocenters. The van der Waals surface area contributed by atoms with Gasteiger partial charge in [0.15, 0.2) is 0 Å². The molecule has 1 heterocycles. The molecule has 1 aromatic heterocycles. The molecule has 0 fully saturated rings. The predicted octanol–water partition coefficient (Wildman–Crippen LogP) is 3.79. The molecule has 2 N–H and O–H groups in total. The van der Waals surface area contributed by atoms with Crippen molar-refractivity contribution in [2.45, 2.75) is 40.5 Å². The Labute approximate surface area is 175 Å². The fourth-order valence-corrected chi connectivity index (χ4v) is 0.668. The summed E-state index contributed by atoms with van der Waals surface area (Å²) in [7, 11) is 0. The van der Waals surface area contributed by atoms with Crippen molar-refractivity contribution in [3.8, 4) is 6.07 Å². The zero-order valence-electron chi connectivity index (χ0n) is 16.2. The molecule has 0 aromatic carbocycles. The molecule has 0 aliphatic heterocycles. The molecule has 1 aromatic rings. The molecule has 0 bridgehead atoms. The van der Waals surface area contributed by atoms with Crippen LogP contribution >= 0.6 is 0 Å². The first-order valence-electron chi connectivity index (χ1n) is 7.59. The molecule has 10 nitrogen and oxygen atoms in total. The Morgan fingerprint density at radius 2 is 1.32 bits per heavy atom. The van der Waals surface area contributed by atoms with Crippen LogP contribution < -0.4 is 0 Å². The minimum absolute atomic E-state index is 0. The van der Waals surface area contributed by atoms with Crippen LogP contribution in [0.25, 0.3) is 0 Å². The molecule has 0 radical (unpaired) electrons. The van der Waals surface area contributed by atoms with Crippen LogP contribution in [0.1, 0.15) is 40.5 Å². The van der Waals surface area contributed by atoms with E-state index in [0.29, 0.717) is 6.42 Å². The summed E-state index contributed by atoms with van der Waals surface area (Å²) < 4.78 is 0. The van der Waals surface area contributed by atoms with Gasteiger partial charge in [-0.05, 0) is 39.8 Å². The zero-order valence-corrected chi connectivity index (χ0v) is 17.3. The third kappa shape index (κ3) is 25.3. The van der Waals surface area contributed by atoms with Crippen molar-refractivity contribution >= 4 is 22.8 Å². The van der Waals surface area contributed by atoms with Gasteiger partial charge in [0.1, 0.15) is 0 Å². The fourth-order valence-electron chi connectivity index (χ4n) is 0.668. The SMILES string of the molecule is CC(=N\[O-])/C(C)=N/O.CC(=N\[O-])/C(C)=N/O.[CH2-]CCC#N.[Co+3].c1ccncc1. The Morgan fingerprint density at radius 3 is 1.39 bits per heavy atom. The van der Waals surface area contributed by atoms with E-state index in [1.807, 2.05) is 24.3 Å². The van der Waals surface area contributed by atoms with Crippen LogP contribution in [0.15, 0.2) is 51.2 Å². The Morgan fingerprint density at radius 1 is 0.929 bits per heavy atom. The summed E-state index contributed by atoms with van der Waals surface area (Å²) in [5.74, 6) is 0. The first-order chi connectivity index (χ1) is 12.9. The maximum Gasteiger partial charge on any atom is 3.00 e. The number of unbranched alkanes of at least 4 members (excludes halogenated alkanes) is 1. The van der Waals surface area contributed by atoms with Gasteiger partial charge in [-0.1, -0.05) is 16.4 Å². The first kappa shape index (κ1) is 32.7. The smallest absolute Gasteiger partial charge is 0.792 e. The van der Waals surface area contributed by atoms with Gasteiger partial charge in [-0.15, -0.1) is 0 Å². The van der Waals surface area contributed by atoms with Crippen LogP contribution in [0.2, 0.25) is 0 Å². The van der Waals surface area contributed by atoms with Crippen molar-refractivity contribution in [1.29, 1.82) is 5.26 Å². The number of aromatic nitrogens is 1. The summed E-state index contributed by atoms with van der Waals surface area (Å²) >= 11 is 0. The van der Waals surface area contributed by atoms with E-state index in [1.54, 1.807) is 12.4 Å². The Bertz CT molecular complexity index is 538. The number of hydrogen-bond acceptors (Lipinski definition) is 10. The van der Waals surface area contributed by atoms with Gasteiger partial charge in [0, 0.05) is 18.8 Å². The van der Waals surface area contributed by atoms with E-state index >= 15 is 0 Å². The molecular weight excluding hydrogens is 411 g/mol. The van der Waals surface area contributed by atoms with Crippen LogP contribution in [-0.2, 0) is 16.8 Å². The van der Waals surface area contributed by atoms with Gasteiger partial charge in [-0.3, -0.25) is 4.98 Å². The number of oxime groups is 2. The molecular formula is C17H25CoN6O4. The summed E-state index contributed by atoms with van der Waals surface area (Å²) in [5.41, 5.74) is 0.903. The maximum absolute atomic E-state index is 9.63. The largest absolute Gasteiger partial charge is 3.00 e. The molecule has 0 spiro atoms. The normalized spacial score (nSPS) is 11.0. The molecule has 156 valence electrons. The van der Waals surface area contributed by atoms with Gasteiger partial charge >= 0.3 is 16.8 Å². The second-order valence-corrected chi connectivity index (χ2v) is 4.51. The van der Waals surface area contributed by atoms with Gasteiger partial charge in [-0.2, -0.15) is 11.7 Å². The number of rotatable bonds is 3. The third-order valence-corrected chi connectivity index (χ3v) is 2.48. The summed E-state index contributed by atoms with van der Waals surface area (Å²) in [6, 6.07) is 7.67.